The summed E-state index contributed by atoms with van der Waals surface area (Å²) in [6, 6.07) is 3.83. The Morgan fingerprint density at radius 3 is 2.56 bits per heavy atom. The van der Waals surface area contributed by atoms with E-state index < -0.39 is 11.8 Å². The van der Waals surface area contributed by atoms with Crippen LogP contribution >= 0.6 is 0 Å². The molecule has 0 amide bonds. The highest BCUT2D eigenvalue weighted by atomic mass is 19.3. The van der Waals surface area contributed by atoms with Crippen molar-refractivity contribution in [3.63, 3.8) is 0 Å². The second kappa shape index (κ2) is 3.92. The molecular weight excluding hydrogens is 214 g/mol. The molecule has 0 saturated heterocycles. The van der Waals surface area contributed by atoms with Crippen molar-refractivity contribution in [2.24, 2.45) is 0 Å². The van der Waals surface area contributed by atoms with E-state index in [9.17, 15) is 13.9 Å². The van der Waals surface area contributed by atoms with Gasteiger partial charge in [0.2, 0.25) is 0 Å². The van der Waals surface area contributed by atoms with E-state index in [2.05, 4.69) is 0 Å². The molecule has 0 heterocycles. The number of halogens is 2. The quantitative estimate of drug-likeness (QED) is 0.773. The molecule has 0 spiro atoms. The van der Waals surface area contributed by atoms with Crippen molar-refractivity contribution in [3.8, 4) is 11.5 Å². The first-order chi connectivity index (χ1) is 7.50. The molecule has 1 aliphatic carbocycles. The maximum Gasteiger partial charge on any atom is 0.255 e. The Morgan fingerprint density at radius 2 is 1.94 bits per heavy atom. The third-order valence-electron chi connectivity index (χ3n) is 3.15. The standard InChI is InChI=1S/C12H14F2O2/c13-12(14)6-2-1-3-10(12)9-5-4-8(15)7-11(9)16/h4-5,7,10,15-16H,1-3,6H2. The molecule has 1 atom stereocenters. The minimum atomic E-state index is -2.76. The van der Waals surface area contributed by atoms with Crippen molar-refractivity contribution in [2.75, 3.05) is 0 Å². The van der Waals surface area contributed by atoms with Crippen LogP contribution in [0.1, 0.15) is 37.2 Å². The van der Waals surface area contributed by atoms with Crippen LogP contribution in [-0.4, -0.2) is 16.1 Å². The Labute approximate surface area is 92.5 Å². The number of hydrogen-bond donors (Lipinski definition) is 2. The number of phenols is 2. The molecule has 1 unspecified atom stereocenters. The van der Waals surface area contributed by atoms with Gasteiger partial charge in [0.1, 0.15) is 11.5 Å². The molecule has 0 aromatic heterocycles. The van der Waals surface area contributed by atoms with Crippen LogP contribution in [0.4, 0.5) is 8.78 Å². The van der Waals surface area contributed by atoms with E-state index in [1.807, 2.05) is 0 Å². The number of hydrogen-bond acceptors (Lipinski definition) is 2. The highest BCUT2D eigenvalue weighted by molar-refractivity contribution is 5.42. The van der Waals surface area contributed by atoms with E-state index in [1.54, 1.807) is 0 Å². The van der Waals surface area contributed by atoms with Gasteiger partial charge in [0.25, 0.3) is 5.92 Å². The van der Waals surface area contributed by atoms with Crippen molar-refractivity contribution in [3.05, 3.63) is 23.8 Å². The first-order valence-corrected chi connectivity index (χ1v) is 5.40. The second-order valence-electron chi connectivity index (χ2n) is 4.30. The van der Waals surface area contributed by atoms with Crippen LogP contribution in [0.5, 0.6) is 11.5 Å². The van der Waals surface area contributed by atoms with Gasteiger partial charge in [0, 0.05) is 18.1 Å². The van der Waals surface area contributed by atoms with E-state index in [1.165, 1.54) is 12.1 Å². The minimum Gasteiger partial charge on any atom is -0.508 e. The average molecular weight is 228 g/mol. The third kappa shape index (κ3) is 1.96. The van der Waals surface area contributed by atoms with Crippen molar-refractivity contribution in [2.45, 2.75) is 37.5 Å². The fourth-order valence-corrected chi connectivity index (χ4v) is 2.30. The predicted octanol–water partition coefficient (Wildman–Crippen LogP) is 3.39. The van der Waals surface area contributed by atoms with Crippen LogP contribution in [0.3, 0.4) is 0 Å². The molecule has 1 aromatic carbocycles. The zero-order valence-corrected chi connectivity index (χ0v) is 8.79. The Bertz CT molecular complexity index is 391. The predicted molar refractivity (Wildman–Crippen MR) is 55.9 cm³/mol. The monoisotopic (exact) mass is 228 g/mol. The van der Waals surface area contributed by atoms with Gasteiger partial charge < -0.3 is 10.2 Å². The molecule has 0 aliphatic heterocycles. The number of aromatic hydroxyl groups is 2. The minimum absolute atomic E-state index is 0.111. The average Bonchev–Trinajstić information content (AvgIpc) is 2.19. The lowest BCUT2D eigenvalue weighted by atomic mass is 9.80. The molecule has 2 nitrogen and oxygen atoms in total. The zero-order valence-electron chi connectivity index (χ0n) is 8.79. The maximum absolute atomic E-state index is 13.7. The van der Waals surface area contributed by atoms with Crippen LogP contribution in [0.15, 0.2) is 18.2 Å². The molecule has 2 rings (SSSR count). The topological polar surface area (TPSA) is 40.5 Å². The van der Waals surface area contributed by atoms with Gasteiger partial charge in [0.05, 0.1) is 5.92 Å². The summed E-state index contributed by atoms with van der Waals surface area (Å²) >= 11 is 0. The highest BCUT2D eigenvalue weighted by Gasteiger charge is 2.43. The van der Waals surface area contributed by atoms with Crippen molar-refractivity contribution < 1.29 is 19.0 Å². The molecule has 1 aliphatic rings. The van der Waals surface area contributed by atoms with Crippen LogP contribution in [0.25, 0.3) is 0 Å². The van der Waals surface area contributed by atoms with E-state index in [-0.39, 0.29) is 23.5 Å². The van der Waals surface area contributed by atoms with Gasteiger partial charge in [-0.1, -0.05) is 12.5 Å². The molecule has 1 saturated carbocycles. The van der Waals surface area contributed by atoms with E-state index >= 15 is 0 Å². The van der Waals surface area contributed by atoms with Crippen LogP contribution in [-0.2, 0) is 0 Å². The Kier molecular flexibility index (Phi) is 2.74. The Morgan fingerprint density at radius 1 is 1.19 bits per heavy atom. The van der Waals surface area contributed by atoms with E-state index in [0.29, 0.717) is 12.8 Å². The Hall–Kier alpha value is -1.32. The summed E-state index contributed by atoms with van der Waals surface area (Å²) in [4.78, 5) is 0. The van der Waals surface area contributed by atoms with Gasteiger partial charge >= 0.3 is 0 Å². The largest absolute Gasteiger partial charge is 0.508 e. The summed E-state index contributed by atoms with van der Waals surface area (Å²) in [6.07, 6.45) is 1.53. The maximum atomic E-state index is 13.7. The summed E-state index contributed by atoms with van der Waals surface area (Å²) in [7, 11) is 0. The summed E-state index contributed by atoms with van der Waals surface area (Å²) in [6.45, 7) is 0. The molecule has 0 radical (unpaired) electrons. The van der Waals surface area contributed by atoms with Gasteiger partial charge in [-0.05, 0) is 18.9 Å². The molecular formula is C12H14F2O2. The van der Waals surface area contributed by atoms with Crippen LogP contribution < -0.4 is 0 Å². The fourth-order valence-electron chi connectivity index (χ4n) is 2.30. The summed E-state index contributed by atoms with van der Waals surface area (Å²) in [5.41, 5.74) is 0.238. The van der Waals surface area contributed by atoms with Gasteiger partial charge in [-0.15, -0.1) is 0 Å². The van der Waals surface area contributed by atoms with Crippen molar-refractivity contribution in [1.82, 2.24) is 0 Å². The van der Waals surface area contributed by atoms with Gasteiger partial charge in [-0.3, -0.25) is 0 Å². The highest BCUT2D eigenvalue weighted by Crippen LogP contribution is 2.47. The zero-order chi connectivity index (χ0) is 11.8. The number of phenolic OH excluding ortho intramolecular Hbond substituents is 2. The first-order valence-electron chi connectivity index (χ1n) is 5.40. The normalized spacial score (nSPS) is 24.2. The Balaban J connectivity index is 2.35. The lowest BCUT2D eigenvalue weighted by molar-refractivity contribution is -0.0552. The molecule has 88 valence electrons. The van der Waals surface area contributed by atoms with Crippen molar-refractivity contribution in [1.29, 1.82) is 0 Å². The molecule has 2 N–H and O–H groups in total. The molecule has 16 heavy (non-hydrogen) atoms. The summed E-state index contributed by atoms with van der Waals surface area (Å²) in [5, 5.41) is 18.7. The van der Waals surface area contributed by atoms with E-state index in [0.717, 1.165) is 12.5 Å². The lowest BCUT2D eigenvalue weighted by Crippen LogP contribution is -2.29. The lowest BCUT2D eigenvalue weighted by Gasteiger charge is -2.31. The number of rotatable bonds is 1. The van der Waals surface area contributed by atoms with Gasteiger partial charge in [-0.2, -0.15) is 0 Å². The summed E-state index contributed by atoms with van der Waals surface area (Å²) < 4.78 is 27.3. The third-order valence-corrected chi connectivity index (χ3v) is 3.15. The van der Waals surface area contributed by atoms with Crippen LogP contribution in [0.2, 0.25) is 0 Å². The summed E-state index contributed by atoms with van der Waals surface area (Å²) in [5.74, 6) is -4.04. The molecule has 1 fully saturated rings. The fraction of sp³-hybridized carbons (Fsp3) is 0.500. The second-order valence-corrected chi connectivity index (χ2v) is 4.30. The van der Waals surface area contributed by atoms with Crippen molar-refractivity contribution >= 4 is 0 Å². The van der Waals surface area contributed by atoms with Crippen LogP contribution in [0, 0.1) is 0 Å². The van der Waals surface area contributed by atoms with Gasteiger partial charge in [0.15, 0.2) is 0 Å². The van der Waals surface area contributed by atoms with Gasteiger partial charge in [-0.25, -0.2) is 8.78 Å². The molecule has 0 bridgehead atoms. The molecule has 1 aromatic rings. The number of benzene rings is 1. The smallest absolute Gasteiger partial charge is 0.255 e. The number of alkyl halides is 2. The SMILES string of the molecule is Oc1ccc(C2CCCCC2(F)F)c(O)c1. The van der Waals surface area contributed by atoms with E-state index in [4.69, 9.17) is 5.11 Å². The first kappa shape index (κ1) is 11.2. The molecule has 4 heteroatoms.